The summed E-state index contributed by atoms with van der Waals surface area (Å²) in [6, 6.07) is 44.6. The molecule has 6 rings (SSSR count). The van der Waals surface area contributed by atoms with Gasteiger partial charge in [0.25, 0.3) is 0 Å². The lowest BCUT2D eigenvalue weighted by Crippen LogP contribution is -2.10. The minimum absolute atomic E-state index is 0.137. The minimum Gasteiger partial charge on any atom is -0.309 e. The highest BCUT2D eigenvalue weighted by Crippen LogP contribution is 2.35. The molecule has 0 amide bonds. The summed E-state index contributed by atoms with van der Waals surface area (Å²) >= 11 is 0. The van der Waals surface area contributed by atoms with Crippen LogP contribution in [0.3, 0.4) is 0 Å². The molecule has 37 heavy (non-hydrogen) atoms. The van der Waals surface area contributed by atoms with Crippen molar-refractivity contribution < 1.29 is 0 Å². The van der Waals surface area contributed by atoms with Crippen molar-refractivity contribution in [2.24, 2.45) is 0 Å². The second-order valence-electron chi connectivity index (χ2n) is 11.2. The summed E-state index contributed by atoms with van der Waals surface area (Å²) in [6.45, 7) is 6.81. The van der Waals surface area contributed by atoms with Gasteiger partial charge in [0.2, 0.25) is 0 Å². The summed E-state index contributed by atoms with van der Waals surface area (Å²) in [7, 11) is 0. The first-order valence-electron chi connectivity index (χ1n) is 13.2. The highest BCUT2D eigenvalue weighted by Gasteiger charge is 2.16. The Morgan fingerprint density at radius 3 is 1.38 bits per heavy atom. The second kappa shape index (κ2) is 9.41. The van der Waals surface area contributed by atoms with Crippen molar-refractivity contribution in [1.29, 1.82) is 0 Å². The fourth-order valence-corrected chi connectivity index (χ4v) is 5.39. The topological polar surface area (TPSA) is 4.93 Å². The van der Waals surface area contributed by atoms with E-state index >= 15 is 0 Å². The molecule has 0 fully saturated rings. The van der Waals surface area contributed by atoms with Crippen LogP contribution in [0.4, 0.5) is 0 Å². The van der Waals surface area contributed by atoms with Crippen molar-refractivity contribution in [1.82, 2.24) is 4.57 Å². The molecule has 1 nitrogen and oxygen atoms in total. The Kier molecular flexibility index (Phi) is 5.93. The van der Waals surface area contributed by atoms with Gasteiger partial charge < -0.3 is 4.57 Å². The average molecular weight is 480 g/mol. The minimum atomic E-state index is 0.137. The summed E-state index contributed by atoms with van der Waals surface area (Å²) in [5, 5.41) is 2.64. The molecule has 6 aromatic rings. The quantitative estimate of drug-likeness (QED) is 0.232. The molecule has 1 heterocycles. The van der Waals surface area contributed by atoms with Crippen LogP contribution in [0.1, 0.15) is 48.6 Å². The summed E-state index contributed by atoms with van der Waals surface area (Å²) in [4.78, 5) is 0. The summed E-state index contributed by atoms with van der Waals surface area (Å²) < 4.78 is 2.43. The maximum atomic E-state index is 2.43. The summed E-state index contributed by atoms with van der Waals surface area (Å²) in [6.07, 6.45) is 1.88. The molecule has 1 aromatic heterocycles. The highest BCUT2D eigenvalue weighted by atomic mass is 15.0. The molecule has 0 saturated carbocycles. The molecule has 5 aromatic carbocycles. The van der Waals surface area contributed by atoms with Gasteiger partial charge in [-0.05, 0) is 82.5 Å². The van der Waals surface area contributed by atoms with E-state index in [-0.39, 0.29) is 5.41 Å². The monoisotopic (exact) mass is 479 g/mol. The third-order valence-electron chi connectivity index (χ3n) is 7.39. The molecule has 0 spiro atoms. The van der Waals surface area contributed by atoms with Crippen LogP contribution >= 0.6 is 0 Å². The lowest BCUT2D eigenvalue weighted by Gasteiger charge is -2.19. The zero-order valence-electron chi connectivity index (χ0n) is 21.9. The standard InChI is InChI=1S/C36H33N/c1-36(2,3)30-16-18-31(19-17-30)37-34-20-14-28(22-26-10-6-4-7-11-26)24-32(34)33-25-29(15-21-35(33)37)23-27-12-8-5-9-13-27/h4-21,24-25H,22-23H2,1-3H3. The molecule has 0 unspecified atom stereocenters. The molecule has 1 heteroatoms. The van der Waals surface area contributed by atoms with Gasteiger partial charge in [0.15, 0.2) is 0 Å². The van der Waals surface area contributed by atoms with Crippen molar-refractivity contribution in [3.05, 3.63) is 149 Å². The Balaban J connectivity index is 1.51. The number of aromatic nitrogens is 1. The zero-order chi connectivity index (χ0) is 25.4. The highest BCUT2D eigenvalue weighted by molar-refractivity contribution is 6.09. The third-order valence-corrected chi connectivity index (χ3v) is 7.39. The van der Waals surface area contributed by atoms with Crippen LogP contribution in [-0.4, -0.2) is 4.57 Å². The lowest BCUT2D eigenvalue weighted by atomic mass is 9.87. The number of rotatable bonds is 5. The van der Waals surface area contributed by atoms with Gasteiger partial charge in [0.1, 0.15) is 0 Å². The normalized spacial score (nSPS) is 11.9. The van der Waals surface area contributed by atoms with E-state index in [4.69, 9.17) is 0 Å². The molecule has 0 radical (unpaired) electrons. The van der Waals surface area contributed by atoms with Crippen LogP contribution < -0.4 is 0 Å². The fraction of sp³-hybridized carbons (Fsp3) is 0.167. The Bertz CT molecular complexity index is 1570. The van der Waals surface area contributed by atoms with Crippen LogP contribution in [0.5, 0.6) is 0 Å². The van der Waals surface area contributed by atoms with E-state index in [2.05, 4.69) is 147 Å². The Labute approximate surface area is 220 Å². The van der Waals surface area contributed by atoms with Crippen molar-refractivity contribution in [3.8, 4) is 5.69 Å². The Morgan fingerprint density at radius 1 is 0.486 bits per heavy atom. The van der Waals surface area contributed by atoms with E-state index in [0.29, 0.717) is 0 Å². The molecule has 0 N–H and O–H groups in total. The van der Waals surface area contributed by atoms with E-state index in [9.17, 15) is 0 Å². The van der Waals surface area contributed by atoms with Gasteiger partial charge in [0.05, 0.1) is 11.0 Å². The predicted molar refractivity (Wildman–Crippen MR) is 158 cm³/mol. The van der Waals surface area contributed by atoms with Crippen LogP contribution in [0.2, 0.25) is 0 Å². The van der Waals surface area contributed by atoms with E-state index in [1.807, 2.05) is 0 Å². The van der Waals surface area contributed by atoms with Gasteiger partial charge >= 0.3 is 0 Å². The number of hydrogen-bond donors (Lipinski definition) is 0. The van der Waals surface area contributed by atoms with Crippen LogP contribution in [0, 0.1) is 0 Å². The Morgan fingerprint density at radius 2 is 0.946 bits per heavy atom. The van der Waals surface area contributed by atoms with E-state index in [0.717, 1.165) is 12.8 Å². The zero-order valence-corrected chi connectivity index (χ0v) is 21.9. The lowest BCUT2D eigenvalue weighted by molar-refractivity contribution is 0.590. The Hall–Kier alpha value is -4.10. The third kappa shape index (κ3) is 4.70. The largest absolute Gasteiger partial charge is 0.309 e. The smallest absolute Gasteiger partial charge is 0.0541 e. The number of fused-ring (bicyclic) bond motifs is 3. The molecule has 182 valence electrons. The molecule has 0 aliphatic heterocycles. The van der Waals surface area contributed by atoms with E-state index < -0.39 is 0 Å². The van der Waals surface area contributed by atoms with Crippen molar-refractivity contribution in [2.75, 3.05) is 0 Å². The molecule has 0 bridgehead atoms. The molecule has 0 aliphatic carbocycles. The van der Waals surface area contributed by atoms with Crippen molar-refractivity contribution >= 4 is 21.8 Å². The van der Waals surface area contributed by atoms with E-state index in [1.54, 1.807) is 0 Å². The SMILES string of the molecule is CC(C)(C)c1ccc(-n2c3ccc(Cc4ccccc4)cc3c3cc(Cc4ccccc4)ccc32)cc1. The predicted octanol–water partition coefficient (Wildman–Crippen LogP) is 9.26. The molecule has 0 atom stereocenters. The van der Waals surface area contributed by atoms with Gasteiger partial charge in [-0.3, -0.25) is 0 Å². The van der Waals surface area contributed by atoms with Gasteiger partial charge in [-0.1, -0.05) is 106 Å². The van der Waals surface area contributed by atoms with Crippen molar-refractivity contribution in [2.45, 2.75) is 39.0 Å². The average Bonchev–Trinajstić information content (AvgIpc) is 3.22. The van der Waals surface area contributed by atoms with Gasteiger partial charge in [-0.25, -0.2) is 0 Å². The van der Waals surface area contributed by atoms with Crippen LogP contribution in [-0.2, 0) is 18.3 Å². The van der Waals surface area contributed by atoms with Gasteiger partial charge in [0, 0.05) is 16.5 Å². The van der Waals surface area contributed by atoms with Crippen LogP contribution in [0.25, 0.3) is 27.5 Å². The maximum Gasteiger partial charge on any atom is 0.0541 e. The van der Waals surface area contributed by atoms with Crippen LogP contribution in [0.15, 0.2) is 121 Å². The van der Waals surface area contributed by atoms with Gasteiger partial charge in [-0.2, -0.15) is 0 Å². The first kappa shape index (κ1) is 23.3. The first-order valence-corrected chi connectivity index (χ1v) is 13.2. The van der Waals surface area contributed by atoms with Gasteiger partial charge in [-0.15, -0.1) is 0 Å². The number of hydrogen-bond acceptors (Lipinski definition) is 0. The second-order valence-corrected chi connectivity index (χ2v) is 11.2. The van der Waals surface area contributed by atoms with Crippen molar-refractivity contribution in [3.63, 3.8) is 0 Å². The fourth-order valence-electron chi connectivity index (χ4n) is 5.39. The van der Waals surface area contributed by atoms with E-state index in [1.165, 1.54) is 55.3 Å². The molecular weight excluding hydrogens is 446 g/mol. The molecule has 0 aliphatic rings. The summed E-state index contributed by atoms with van der Waals surface area (Å²) in [5.41, 5.74) is 10.6. The first-order chi connectivity index (χ1) is 18.0. The molecule has 0 saturated heterocycles. The number of benzene rings is 5. The summed E-state index contributed by atoms with van der Waals surface area (Å²) in [5.74, 6) is 0. The molecular formula is C36H33N. The maximum absolute atomic E-state index is 2.43. The number of nitrogens with zero attached hydrogens (tertiary/aromatic N) is 1.